The molecule has 0 bridgehead atoms. The summed E-state index contributed by atoms with van der Waals surface area (Å²) in [6.45, 7) is 1.62. The summed E-state index contributed by atoms with van der Waals surface area (Å²) in [5.74, 6) is -1.31. The Morgan fingerprint density at radius 3 is 2.53 bits per heavy atom. The van der Waals surface area contributed by atoms with E-state index in [1.54, 1.807) is 30.3 Å². The number of nitrogens with one attached hydrogen (secondary N) is 2. The maximum Gasteiger partial charge on any atom is 0.244 e. The third-order valence-corrected chi connectivity index (χ3v) is 8.80. The van der Waals surface area contributed by atoms with Gasteiger partial charge in [-0.2, -0.15) is 4.31 Å². The van der Waals surface area contributed by atoms with E-state index in [-0.39, 0.29) is 34.0 Å². The number of carbonyl (C=O) groups excluding carboxylic acids is 2. The molecule has 4 aromatic rings. The highest BCUT2D eigenvalue weighted by molar-refractivity contribution is 7.89. The highest BCUT2D eigenvalue weighted by Crippen LogP contribution is 2.35. The van der Waals surface area contributed by atoms with Crippen LogP contribution in [0.15, 0.2) is 53.4 Å². The minimum absolute atomic E-state index is 0.0768. The molecule has 1 saturated heterocycles. The smallest absolute Gasteiger partial charge is 0.244 e. The van der Waals surface area contributed by atoms with Crippen molar-refractivity contribution in [1.29, 1.82) is 0 Å². The van der Waals surface area contributed by atoms with Crippen molar-refractivity contribution in [2.75, 3.05) is 17.2 Å². The van der Waals surface area contributed by atoms with E-state index in [2.05, 4.69) is 15.6 Å². The van der Waals surface area contributed by atoms with Crippen molar-refractivity contribution < 1.29 is 28.2 Å². The minimum atomic E-state index is -3.96. The Hall–Kier alpha value is -3.74. The number of amides is 2. The number of sulfonamides is 1. The molecule has 3 aromatic carbocycles. The Labute approximate surface area is 210 Å². The van der Waals surface area contributed by atoms with Crippen LogP contribution >= 0.6 is 11.3 Å². The van der Waals surface area contributed by atoms with Gasteiger partial charge in [-0.05, 0) is 47.9 Å². The van der Waals surface area contributed by atoms with E-state index in [9.17, 15) is 28.2 Å². The lowest BCUT2D eigenvalue weighted by atomic mass is 10.1. The van der Waals surface area contributed by atoms with Gasteiger partial charge in [0.25, 0.3) is 0 Å². The van der Waals surface area contributed by atoms with Crippen LogP contribution in [0.5, 0.6) is 11.5 Å². The number of fused-ring (bicyclic) bond motifs is 2. The van der Waals surface area contributed by atoms with E-state index in [4.69, 9.17) is 0 Å². The zero-order valence-electron chi connectivity index (χ0n) is 19.1. The molecule has 4 N–H and O–H groups in total. The van der Waals surface area contributed by atoms with Crippen molar-refractivity contribution in [3.05, 3.63) is 48.5 Å². The van der Waals surface area contributed by atoms with Gasteiger partial charge >= 0.3 is 0 Å². The molecule has 1 aliphatic heterocycles. The minimum Gasteiger partial charge on any atom is -0.504 e. The average molecular weight is 527 g/mol. The van der Waals surface area contributed by atoms with Crippen LogP contribution in [0.4, 0.5) is 10.8 Å². The monoisotopic (exact) mass is 526 g/mol. The first-order valence-electron chi connectivity index (χ1n) is 11.1. The molecule has 186 valence electrons. The fourth-order valence-corrected chi connectivity index (χ4v) is 6.86. The first kappa shape index (κ1) is 24.0. The van der Waals surface area contributed by atoms with Crippen LogP contribution in [0, 0.1) is 0 Å². The summed E-state index contributed by atoms with van der Waals surface area (Å²) in [5, 5.41) is 26.4. The number of hydrogen-bond acceptors (Lipinski definition) is 8. The molecule has 0 unspecified atom stereocenters. The third-order valence-electron chi connectivity index (χ3n) is 5.96. The number of aromatic nitrogens is 1. The Morgan fingerprint density at radius 1 is 1.03 bits per heavy atom. The van der Waals surface area contributed by atoms with Gasteiger partial charge in [-0.3, -0.25) is 9.59 Å². The standard InChI is InChI=1S/C24H22N4O6S2/c1-13(29)25-16-6-4-15-10-17(7-5-14(15)9-16)36(33,34)28-8-2-3-19(28)23(32)27-24-26-18-11-20(30)21(31)12-22(18)35-24/h4-7,9-12,19,30-31H,2-3,8H2,1H3,(H,25,29)(H,26,27,32)/t19-/m0/s1. The SMILES string of the molecule is CC(=O)Nc1ccc2cc(S(=O)(=O)N3CCC[C@H]3C(=O)Nc3nc4cc(O)c(O)cc4s3)ccc2c1. The molecule has 0 radical (unpaired) electrons. The van der Waals surface area contributed by atoms with E-state index in [0.717, 1.165) is 16.7 Å². The van der Waals surface area contributed by atoms with E-state index >= 15 is 0 Å². The zero-order valence-corrected chi connectivity index (χ0v) is 20.7. The second-order valence-electron chi connectivity index (χ2n) is 8.50. The predicted octanol–water partition coefficient (Wildman–Crippen LogP) is 3.61. The van der Waals surface area contributed by atoms with Crippen molar-refractivity contribution >= 4 is 65.0 Å². The molecule has 1 atom stereocenters. The topological polar surface area (TPSA) is 149 Å². The first-order chi connectivity index (χ1) is 17.1. The normalized spacial score (nSPS) is 16.4. The van der Waals surface area contributed by atoms with E-state index in [1.165, 1.54) is 29.4 Å². The van der Waals surface area contributed by atoms with Crippen LogP contribution in [0.2, 0.25) is 0 Å². The van der Waals surface area contributed by atoms with Gasteiger partial charge in [-0.1, -0.05) is 23.5 Å². The van der Waals surface area contributed by atoms with Crippen LogP contribution in [0.25, 0.3) is 21.0 Å². The number of phenols is 2. The molecular weight excluding hydrogens is 504 g/mol. The molecule has 12 heteroatoms. The van der Waals surface area contributed by atoms with Crippen LogP contribution in [-0.4, -0.2) is 52.3 Å². The van der Waals surface area contributed by atoms with Crippen LogP contribution in [0.1, 0.15) is 19.8 Å². The highest BCUT2D eigenvalue weighted by atomic mass is 32.2. The van der Waals surface area contributed by atoms with Crippen molar-refractivity contribution in [2.45, 2.75) is 30.7 Å². The maximum atomic E-state index is 13.5. The molecule has 36 heavy (non-hydrogen) atoms. The number of thiazole rings is 1. The summed E-state index contributed by atoms with van der Waals surface area (Å²) in [4.78, 5) is 28.7. The number of aromatic hydroxyl groups is 2. The molecule has 0 spiro atoms. The lowest BCUT2D eigenvalue weighted by Gasteiger charge is -2.23. The van der Waals surface area contributed by atoms with Gasteiger partial charge in [0.1, 0.15) is 6.04 Å². The number of anilines is 2. The van der Waals surface area contributed by atoms with Gasteiger partial charge in [0.2, 0.25) is 21.8 Å². The highest BCUT2D eigenvalue weighted by Gasteiger charge is 2.39. The van der Waals surface area contributed by atoms with E-state index in [1.807, 2.05) is 0 Å². The molecule has 1 fully saturated rings. The Balaban J connectivity index is 1.38. The van der Waals surface area contributed by atoms with Crippen molar-refractivity contribution in [1.82, 2.24) is 9.29 Å². The van der Waals surface area contributed by atoms with E-state index < -0.39 is 22.0 Å². The molecule has 10 nitrogen and oxygen atoms in total. The van der Waals surface area contributed by atoms with Gasteiger partial charge in [-0.25, -0.2) is 13.4 Å². The molecular formula is C24H22N4O6S2. The lowest BCUT2D eigenvalue weighted by Crippen LogP contribution is -2.43. The second kappa shape index (κ2) is 9.04. The Morgan fingerprint density at radius 2 is 1.75 bits per heavy atom. The van der Waals surface area contributed by atoms with Gasteiger partial charge in [0.05, 0.1) is 15.1 Å². The Bertz CT molecular complexity index is 1590. The van der Waals surface area contributed by atoms with Crippen LogP contribution in [0.3, 0.4) is 0 Å². The largest absolute Gasteiger partial charge is 0.504 e. The predicted molar refractivity (Wildman–Crippen MR) is 137 cm³/mol. The zero-order chi connectivity index (χ0) is 25.6. The summed E-state index contributed by atoms with van der Waals surface area (Å²) < 4.78 is 28.8. The van der Waals surface area contributed by atoms with Gasteiger partial charge < -0.3 is 20.8 Å². The summed E-state index contributed by atoms with van der Waals surface area (Å²) in [7, 11) is -3.96. The lowest BCUT2D eigenvalue weighted by molar-refractivity contribution is -0.119. The summed E-state index contributed by atoms with van der Waals surface area (Å²) >= 11 is 1.11. The van der Waals surface area contributed by atoms with Crippen LogP contribution < -0.4 is 10.6 Å². The molecule has 1 aliphatic rings. The summed E-state index contributed by atoms with van der Waals surface area (Å²) in [5.41, 5.74) is 1.02. The van der Waals surface area contributed by atoms with Gasteiger partial charge in [0, 0.05) is 31.3 Å². The second-order valence-corrected chi connectivity index (χ2v) is 11.4. The van der Waals surface area contributed by atoms with Crippen molar-refractivity contribution in [2.24, 2.45) is 0 Å². The number of hydrogen-bond donors (Lipinski definition) is 4. The Kier molecular flexibility index (Phi) is 6.02. The molecule has 0 saturated carbocycles. The number of phenolic OH excluding ortho intramolecular Hbond substituents is 2. The molecule has 1 aromatic heterocycles. The van der Waals surface area contributed by atoms with Crippen molar-refractivity contribution in [3.8, 4) is 11.5 Å². The molecule has 0 aliphatic carbocycles. The van der Waals surface area contributed by atoms with Crippen LogP contribution in [-0.2, 0) is 19.6 Å². The molecule has 2 amide bonds. The first-order valence-corrected chi connectivity index (χ1v) is 13.3. The molecule has 2 heterocycles. The number of benzene rings is 3. The average Bonchev–Trinajstić information content (AvgIpc) is 3.46. The van der Waals surface area contributed by atoms with Gasteiger partial charge in [0.15, 0.2) is 16.6 Å². The fourth-order valence-electron chi connectivity index (χ4n) is 4.28. The summed E-state index contributed by atoms with van der Waals surface area (Å²) in [6.07, 6.45) is 0.901. The van der Waals surface area contributed by atoms with Crippen molar-refractivity contribution in [3.63, 3.8) is 0 Å². The van der Waals surface area contributed by atoms with Gasteiger partial charge in [-0.15, -0.1) is 0 Å². The number of carbonyl (C=O) groups is 2. The molecule has 5 rings (SSSR count). The van der Waals surface area contributed by atoms with E-state index in [0.29, 0.717) is 34.1 Å². The number of nitrogens with zero attached hydrogens (tertiary/aromatic N) is 2. The maximum absolute atomic E-state index is 13.5. The number of rotatable bonds is 5. The summed E-state index contributed by atoms with van der Waals surface area (Å²) in [6, 6.07) is 11.7. The third kappa shape index (κ3) is 4.45. The quantitative estimate of drug-likeness (QED) is 0.290. The fraction of sp³-hybridized carbons (Fsp3) is 0.208.